The Kier molecular flexibility index (Phi) is 7.90. The summed E-state index contributed by atoms with van der Waals surface area (Å²) in [7, 11) is 1.50. The molecular formula is C23H19F3N2O5S. The van der Waals surface area contributed by atoms with Crippen LogP contribution in [-0.4, -0.2) is 30.3 Å². The predicted octanol–water partition coefficient (Wildman–Crippen LogP) is 5.49. The molecule has 2 aromatic carbocycles. The van der Waals surface area contributed by atoms with Crippen LogP contribution in [0.15, 0.2) is 60.0 Å². The predicted molar refractivity (Wildman–Crippen MR) is 120 cm³/mol. The van der Waals surface area contributed by atoms with E-state index in [4.69, 9.17) is 9.47 Å². The van der Waals surface area contributed by atoms with Crippen molar-refractivity contribution >= 4 is 40.1 Å². The number of aromatic nitrogens is 1. The number of thiazole rings is 1. The molecule has 0 bridgehead atoms. The van der Waals surface area contributed by atoms with Crippen molar-refractivity contribution in [2.45, 2.75) is 19.9 Å². The number of carbonyl (C=O) groups excluding carboxylic acids is 2. The second-order valence-corrected chi connectivity index (χ2v) is 7.54. The minimum absolute atomic E-state index is 0.129. The van der Waals surface area contributed by atoms with Gasteiger partial charge in [-0.25, -0.2) is 9.78 Å². The van der Waals surface area contributed by atoms with Crippen LogP contribution in [0.2, 0.25) is 0 Å². The van der Waals surface area contributed by atoms with Crippen molar-refractivity contribution in [3.63, 3.8) is 0 Å². The summed E-state index contributed by atoms with van der Waals surface area (Å²) in [5.74, 6) is -0.793. The van der Waals surface area contributed by atoms with Crippen LogP contribution >= 0.6 is 11.3 Å². The number of nitrogens with zero attached hydrogens (tertiary/aromatic N) is 2. The highest BCUT2D eigenvalue weighted by molar-refractivity contribution is 7.14. The topological polar surface area (TPSA) is 78.0 Å². The van der Waals surface area contributed by atoms with E-state index in [-0.39, 0.29) is 18.3 Å². The maximum absolute atomic E-state index is 12.3. The second kappa shape index (κ2) is 10.8. The Balaban J connectivity index is 1.60. The van der Waals surface area contributed by atoms with Crippen molar-refractivity contribution in [1.29, 1.82) is 0 Å². The lowest BCUT2D eigenvalue weighted by Crippen LogP contribution is -2.23. The average molecular weight is 492 g/mol. The van der Waals surface area contributed by atoms with Gasteiger partial charge in [-0.3, -0.25) is 9.69 Å². The second-order valence-electron chi connectivity index (χ2n) is 6.71. The van der Waals surface area contributed by atoms with Gasteiger partial charge in [0.2, 0.25) is 5.91 Å². The number of anilines is 2. The van der Waals surface area contributed by atoms with Gasteiger partial charge in [-0.05, 0) is 35.9 Å². The number of alkyl halides is 3. The molecule has 0 saturated carbocycles. The summed E-state index contributed by atoms with van der Waals surface area (Å²) >= 11 is 1.20. The van der Waals surface area contributed by atoms with Gasteiger partial charge in [0.1, 0.15) is 18.1 Å². The zero-order valence-corrected chi connectivity index (χ0v) is 18.9. The number of amides is 1. The summed E-state index contributed by atoms with van der Waals surface area (Å²) in [6, 6.07) is 12.0. The fourth-order valence-corrected chi connectivity index (χ4v) is 3.69. The Morgan fingerprint density at radius 1 is 1.12 bits per heavy atom. The third kappa shape index (κ3) is 6.82. The number of methoxy groups -OCH3 is 1. The van der Waals surface area contributed by atoms with Crippen LogP contribution in [0.1, 0.15) is 18.2 Å². The Labute approximate surface area is 197 Å². The zero-order chi connectivity index (χ0) is 24.7. The number of hydrogen-bond donors (Lipinski definition) is 0. The van der Waals surface area contributed by atoms with Gasteiger partial charge in [0, 0.05) is 18.4 Å². The minimum atomic E-state index is -4.77. The van der Waals surface area contributed by atoms with E-state index >= 15 is 0 Å². The van der Waals surface area contributed by atoms with Gasteiger partial charge in [-0.1, -0.05) is 24.3 Å². The van der Waals surface area contributed by atoms with Gasteiger partial charge in [0.15, 0.2) is 5.13 Å². The van der Waals surface area contributed by atoms with Gasteiger partial charge in [0.05, 0.1) is 18.5 Å². The minimum Gasteiger partial charge on any atom is -0.495 e. The Morgan fingerprint density at radius 3 is 2.47 bits per heavy atom. The molecular weight excluding hydrogens is 473 g/mol. The van der Waals surface area contributed by atoms with Crippen molar-refractivity contribution in [2.24, 2.45) is 0 Å². The van der Waals surface area contributed by atoms with Gasteiger partial charge in [0.25, 0.3) is 0 Å². The summed E-state index contributed by atoms with van der Waals surface area (Å²) in [5, 5.41) is 2.05. The lowest BCUT2D eigenvalue weighted by atomic mass is 10.2. The number of halogens is 3. The molecule has 0 aliphatic heterocycles. The number of benzene rings is 2. The van der Waals surface area contributed by atoms with Crippen molar-refractivity contribution in [1.82, 2.24) is 4.98 Å². The van der Waals surface area contributed by atoms with E-state index in [1.54, 1.807) is 29.6 Å². The molecule has 1 heterocycles. The lowest BCUT2D eigenvalue weighted by Gasteiger charge is -2.20. The van der Waals surface area contributed by atoms with Crippen LogP contribution in [-0.2, 0) is 20.9 Å². The molecule has 0 aliphatic rings. The van der Waals surface area contributed by atoms with Crippen molar-refractivity contribution in [2.75, 3.05) is 12.0 Å². The average Bonchev–Trinajstić information content (AvgIpc) is 3.25. The van der Waals surface area contributed by atoms with E-state index in [9.17, 15) is 22.8 Å². The summed E-state index contributed by atoms with van der Waals surface area (Å²) < 4.78 is 50.9. The van der Waals surface area contributed by atoms with Gasteiger partial charge in [-0.15, -0.1) is 24.5 Å². The number of ether oxygens (including phenoxy) is 3. The van der Waals surface area contributed by atoms with E-state index in [1.807, 2.05) is 0 Å². The molecule has 0 N–H and O–H groups in total. The third-order valence-corrected chi connectivity index (χ3v) is 5.13. The van der Waals surface area contributed by atoms with Gasteiger partial charge < -0.3 is 14.2 Å². The zero-order valence-electron chi connectivity index (χ0n) is 18.0. The van der Waals surface area contributed by atoms with Crippen LogP contribution in [0.3, 0.4) is 0 Å². The van der Waals surface area contributed by atoms with Crippen LogP contribution in [0, 0.1) is 0 Å². The molecule has 1 amide bonds. The first-order chi connectivity index (χ1) is 16.2. The number of esters is 1. The van der Waals surface area contributed by atoms with Crippen LogP contribution in [0.4, 0.5) is 24.0 Å². The standard InChI is InChI=1S/C23H19F3N2O5S/c1-15(29)28(19-5-3-4-6-20(19)31-2)22-27-17(14-34-22)13-32-21(30)12-9-16-7-10-18(11-8-16)33-23(24,25)26/h3-12,14H,13H2,1-2H3/b12-9+. The van der Waals surface area contributed by atoms with Crippen LogP contribution in [0.25, 0.3) is 6.08 Å². The molecule has 1 aromatic heterocycles. The summed E-state index contributed by atoms with van der Waals surface area (Å²) in [5.41, 5.74) is 1.46. The highest BCUT2D eigenvalue weighted by Crippen LogP contribution is 2.35. The molecule has 7 nitrogen and oxygen atoms in total. The largest absolute Gasteiger partial charge is 0.573 e. The van der Waals surface area contributed by atoms with Crippen molar-refractivity contribution in [3.8, 4) is 11.5 Å². The maximum atomic E-state index is 12.3. The van der Waals surface area contributed by atoms with Crippen molar-refractivity contribution < 1.29 is 37.0 Å². The number of hydrogen-bond acceptors (Lipinski definition) is 7. The summed E-state index contributed by atoms with van der Waals surface area (Å²) in [6.07, 6.45) is -2.24. The molecule has 0 aliphatic carbocycles. The molecule has 3 aromatic rings. The molecule has 0 saturated heterocycles. The van der Waals surface area contributed by atoms with E-state index in [1.165, 1.54) is 48.5 Å². The number of rotatable bonds is 8. The van der Waals surface area contributed by atoms with Gasteiger partial charge in [-0.2, -0.15) is 0 Å². The smallest absolute Gasteiger partial charge is 0.495 e. The van der Waals surface area contributed by atoms with E-state index < -0.39 is 12.3 Å². The number of para-hydroxylation sites is 2. The van der Waals surface area contributed by atoms with E-state index in [2.05, 4.69) is 9.72 Å². The van der Waals surface area contributed by atoms with Crippen LogP contribution < -0.4 is 14.4 Å². The quantitative estimate of drug-likeness (QED) is 0.306. The third-order valence-electron chi connectivity index (χ3n) is 4.26. The highest BCUT2D eigenvalue weighted by atomic mass is 32.1. The number of carbonyl (C=O) groups is 2. The fraction of sp³-hybridized carbons (Fsp3) is 0.174. The SMILES string of the molecule is COc1ccccc1N(C(C)=O)c1nc(COC(=O)/C=C/c2ccc(OC(F)(F)F)cc2)cs1. The first kappa shape index (κ1) is 24.8. The molecule has 11 heteroatoms. The Hall–Kier alpha value is -3.86. The Bertz CT molecular complexity index is 1180. The molecule has 0 fully saturated rings. The molecule has 178 valence electrons. The van der Waals surface area contributed by atoms with E-state index in [0.717, 1.165) is 18.2 Å². The highest BCUT2D eigenvalue weighted by Gasteiger charge is 2.30. The molecule has 34 heavy (non-hydrogen) atoms. The monoisotopic (exact) mass is 492 g/mol. The molecule has 0 atom stereocenters. The van der Waals surface area contributed by atoms with Gasteiger partial charge >= 0.3 is 12.3 Å². The molecule has 0 unspecified atom stereocenters. The normalized spacial score (nSPS) is 11.3. The molecule has 3 rings (SSSR count). The molecule has 0 radical (unpaired) electrons. The first-order valence-corrected chi connectivity index (χ1v) is 10.6. The first-order valence-electron chi connectivity index (χ1n) is 9.75. The van der Waals surface area contributed by atoms with Crippen LogP contribution in [0.5, 0.6) is 11.5 Å². The summed E-state index contributed by atoms with van der Waals surface area (Å²) in [6.45, 7) is 1.27. The van der Waals surface area contributed by atoms with Crippen molar-refractivity contribution in [3.05, 3.63) is 71.2 Å². The Morgan fingerprint density at radius 2 is 1.82 bits per heavy atom. The molecule has 0 spiro atoms. The van der Waals surface area contributed by atoms with E-state index in [0.29, 0.717) is 27.8 Å². The fourth-order valence-electron chi connectivity index (χ4n) is 2.83. The lowest BCUT2D eigenvalue weighted by molar-refractivity contribution is -0.274. The summed E-state index contributed by atoms with van der Waals surface area (Å²) in [4.78, 5) is 30.1. The maximum Gasteiger partial charge on any atom is 0.573 e.